The van der Waals surface area contributed by atoms with E-state index in [2.05, 4.69) is 15.1 Å². The van der Waals surface area contributed by atoms with Crippen molar-refractivity contribution in [2.75, 3.05) is 18.0 Å². The summed E-state index contributed by atoms with van der Waals surface area (Å²) in [4.78, 5) is 20.1. The molecule has 2 fully saturated rings. The van der Waals surface area contributed by atoms with Crippen molar-refractivity contribution in [3.8, 4) is 0 Å². The molecule has 1 aromatic carbocycles. The molecule has 3 heterocycles. The third-order valence-corrected chi connectivity index (χ3v) is 8.16. The lowest BCUT2D eigenvalue weighted by molar-refractivity contribution is -0.122. The van der Waals surface area contributed by atoms with Crippen LogP contribution in [0.5, 0.6) is 0 Å². The van der Waals surface area contributed by atoms with Gasteiger partial charge < -0.3 is 4.90 Å². The fourth-order valence-electron chi connectivity index (χ4n) is 4.24. The standard InChI is InChI=1S/C22H26ClN5O3S/c1-22(2,3)28-21(29)19(20(32(28,30)31)15-7-5-4-6-8-15)24-16-11-13-27(14-12-16)18-10-9-17(23)25-26-18/h4-10,16,20H,11-14H2,1-3H3. The predicted octanol–water partition coefficient (Wildman–Crippen LogP) is 3.25. The first-order valence-electron chi connectivity index (χ1n) is 10.5. The lowest BCUT2D eigenvalue weighted by Gasteiger charge is -2.31. The van der Waals surface area contributed by atoms with Crippen molar-refractivity contribution < 1.29 is 13.2 Å². The molecule has 0 bridgehead atoms. The predicted molar refractivity (Wildman–Crippen MR) is 124 cm³/mol. The van der Waals surface area contributed by atoms with Crippen LogP contribution in [0.15, 0.2) is 47.5 Å². The zero-order valence-electron chi connectivity index (χ0n) is 18.3. The van der Waals surface area contributed by atoms with Gasteiger partial charge in [-0.25, -0.2) is 12.7 Å². The number of carbonyl (C=O) groups excluding carboxylic acids is 1. The molecule has 8 nitrogen and oxygen atoms in total. The minimum atomic E-state index is -3.93. The average molecular weight is 476 g/mol. The molecule has 1 unspecified atom stereocenters. The van der Waals surface area contributed by atoms with Crippen LogP contribution in [0.2, 0.25) is 5.15 Å². The van der Waals surface area contributed by atoms with Gasteiger partial charge in [0.2, 0.25) is 0 Å². The first-order chi connectivity index (χ1) is 15.1. The summed E-state index contributed by atoms with van der Waals surface area (Å²) >= 11 is 5.82. The van der Waals surface area contributed by atoms with Crippen molar-refractivity contribution in [2.24, 2.45) is 4.99 Å². The van der Waals surface area contributed by atoms with Crippen LogP contribution >= 0.6 is 11.6 Å². The fourth-order valence-corrected chi connectivity index (χ4v) is 6.59. The van der Waals surface area contributed by atoms with E-state index in [0.717, 1.165) is 10.1 Å². The van der Waals surface area contributed by atoms with Crippen LogP contribution in [0.4, 0.5) is 5.82 Å². The highest BCUT2D eigenvalue weighted by Gasteiger charge is 2.54. The largest absolute Gasteiger partial charge is 0.355 e. The maximum absolute atomic E-state index is 13.5. The summed E-state index contributed by atoms with van der Waals surface area (Å²) in [7, 11) is -3.93. The zero-order chi connectivity index (χ0) is 23.1. The number of carbonyl (C=O) groups is 1. The molecule has 1 atom stereocenters. The molecule has 2 aromatic rings. The number of hydrogen-bond acceptors (Lipinski definition) is 7. The highest BCUT2D eigenvalue weighted by atomic mass is 35.5. The number of amides is 1. The van der Waals surface area contributed by atoms with Gasteiger partial charge >= 0.3 is 0 Å². The maximum atomic E-state index is 13.5. The number of rotatable bonds is 3. The number of anilines is 1. The Hall–Kier alpha value is -2.52. The molecule has 0 saturated carbocycles. The Bertz CT molecular complexity index is 1120. The van der Waals surface area contributed by atoms with Crippen LogP contribution in [-0.2, 0) is 14.8 Å². The molecular weight excluding hydrogens is 450 g/mol. The first kappa shape index (κ1) is 22.7. The normalized spacial score (nSPS) is 23.2. The fraction of sp³-hybridized carbons (Fsp3) is 0.455. The van der Waals surface area contributed by atoms with Gasteiger partial charge in [0.1, 0.15) is 5.71 Å². The van der Waals surface area contributed by atoms with E-state index in [0.29, 0.717) is 36.6 Å². The molecule has 0 radical (unpaired) electrons. The molecule has 2 saturated heterocycles. The molecular formula is C22H26ClN5O3S. The number of aliphatic imine (C=N–C) groups is 1. The third kappa shape index (κ3) is 4.23. The summed E-state index contributed by atoms with van der Waals surface area (Å²) in [5, 5.41) is 7.26. The lowest BCUT2D eigenvalue weighted by atomic mass is 10.0. The van der Waals surface area contributed by atoms with Gasteiger partial charge in [-0.15, -0.1) is 10.2 Å². The van der Waals surface area contributed by atoms with Gasteiger partial charge in [0.05, 0.1) is 11.6 Å². The smallest absolute Gasteiger partial charge is 0.283 e. The molecule has 2 aliphatic heterocycles. The third-order valence-electron chi connectivity index (χ3n) is 5.64. The summed E-state index contributed by atoms with van der Waals surface area (Å²) in [6, 6.07) is 12.2. The Labute approximate surface area is 193 Å². The van der Waals surface area contributed by atoms with E-state index in [1.165, 1.54) is 0 Å². The van der Waals surface area contributed by atoms with Gasteiger partial charge in [0.15, 0.2) is 16.2 Å². The van der Waals surface area contributed by atoms with Gasteiger partial charge in [-0.05, 0) is 51.3 Å². The number of benzene rings is 1. The summed E-state index contributed by atoms with van der Waals surface area (Å²) in [5.41, 5.74) is -0.215. The van der Waals surface area contributed by atoms with Crippen molar-refractivity contribution in [3.63, 3.8) is 0 Å². The second kappa shape index (κ2) is 8.44. The van der Waals surface area contributed by atoms with Crippen molar-refractivity contribution in [1.29, 1.82) is 0 Å². The van der Waals surface area contributed by atoms with Gasteiger partial charge in [0.25, 0.3) is 15.9 Å². The zero-order valence-corrected chi connectivity index (χ0v) is 19.8. The van der Waals surface area contributed by atoms with Gasteiger partial charge in [-0.2, -0.15) is 0 Å². The number of piperidine rings is 1. The highest BCUT2D eigenvalue weighted by molar-refractivity contribution is 7.91. The topological polar surface area (TPSA) is 95.8 Å². The first-order valence-corrected chi connectivity index (χ1v) is 12.4. The van der Waals surface area contributed by atoms with Crippen molar-refractivity contribution in [2.45, 2.75) is 50.4 Å². The van der Waals surface area contributed by atoms with Crippen LogP contribution in [0.25, 0.3) is 0 Å². The second-order valence-corrected chi connectivity index (χ2v) is 11.3. The van der Waals surface area contributed by atoms with Gasteiger partial charge in [-0.1, -0.05) is 41.9 Å². The Kier molecular flexibility index (Phi) is 5.98. The Morgan fingerprint density at radius 1 is 1.03 bits per heavy atom. The van der Waals surface area contributed by atoms with Crippen molar-refractivity contribution in [1.82, 2.24) is 14.5 Å². The van der Waals surface area contributed by atoms with Gasteiger partial charge in [0, 0.05) is 13.1 Å². The molecule has 32 heavy (non-hydrogen) atoms. The maximum Gasteiger partial charge on any atom is 0.283 e. The van der Waals surface area contributed by atoms with Crippen molar-refractivity contribution in [3.05, 3.63) is 53.2 Å². The monoisotopic (exact) mass is 475 g/mol. The summed E-state index contributed by atoms with van der Waals surface area (Å²) in [6.45, 7) is 6.52. The van der Waals surface area contributed by atoms with E-state index in [9.17, 15) is 13.2 Å². The highest BCUT2D eigenvalue weighted by Crippen LogP contribution is 2.39. The molecule has 0 spiro atoms. The average Bonchev–Trinajstić information content (AvgIpc) is 2.94. The number of nitrogens with zero attached hydrogens (tertiary/aromatic N) is 5. The van der Waals surface area contributed by atoms with E-state index in [4.69, 9.17) is 16.6 Å². The molecule has 0 N–H and O–H groups in total. The van der Waals surface area contributed by atoms with E-state index in [1.54, 1.807) is 51.1 Å². The molecule has 170 valence electrons. The van der Waals surface area contributed by atoms with Crippen LogP contribution in [0.1, 0.15) is 44.4 Å². The molecule has 1 amide bonds. The van der Waals surface area contributed by atoms with Crippen LogP contribution in [0, 0.1) is 0 Å². The molecule has 10 heteroatoms. The minimum Gasteiger partial charge on any atom is -0.355 e. The van der Waals surface area contributed by atoms with Crippen LogP contribution in [0.3, 0.4) is 0 Å². The quantitative estimate of drug-likeness (QED) is 0.676. The van der Waals surface area contributed by atoms with Crippen LogP contribution < -0.4 is 4.90 Å². The molecule has 2 aliphatic rings. The van der Waals surface area contributed by atoms with E-state index in [1.807, 2.05) is 12.1 Å². The number of halogens is 1. The summed E-state index contributed by atoms with van der Waals surface area (Å²) in [6.07, 6.45) is 1.36. The number of hydrogen-bond donors (Lipinski definition) is 0. The lowest BCUT2D eigenvalue weighted by Crippen LogP contribution is -2.45. The van der Waals surface area contributed by atoms with E-state index < -0.39 is 26.7 Å². The van der Waals surface area contributed by atoms with E-state index in [-0.39, 0.29) is 11.8 Å². The Morgan fingerprint density at radius 2 is 1.69 bits per heavy atom. The second-order valence-electron chi connectivity index (χ2n) is 9.02. The molecule has 0 aliphatic carbocycles. The van der Waals surface area contributed by atoms with Gasteiger partial charge in [-0.3, -0.25) is 9.79 Å². The molecule has 1 aromatic heterocycles. The number of aromatic nitrogens is 2. The Balaban J connectivity index is 1.63. The minimum absolute atomic E-state index is 0.107. The van der Waals surface area contributed by atoms with Crippen LogP contribution in [-0.4, -0.2) is 59.2 Å². The van der Waals surface area contributed by atoms with Crippen molar-refractivity contribution >= 4 is 39.1 Å². The van der Waals surface area contributed by atoms with E-state index >= 15 is 0 Å². The SMILES string of the molecule is CC(C)(C)N1C(=O)C(=NC2CCN(c3ccc(Cl)nn3)CC2)C(c2ccccc2)S1(=O)=O. The number of sulfonamides is 1. The molecule has 4 rings (SSSR count). The summed E-state index contributed by atoms with van der Waals surface area (Å²) in [5.74, 6) is 0.207. The Morgan fingerprint density at radius 3 is 2.25 bits per heavy atom. The summed E-state index contributed by atoms with van der Waals surface area (Å²) < 4.78 is 27.9.